The Morgan fingerprint density at radius 2 is 1.62 bits per heavy atom. The topological polar surface area (TPSA) is 115 Å². The van der Waals surface area contributed by atoms with Crippen LogP contribution in [-0.2, 0) is 21.5 Å². The molecule has 9 heteroatoms. The first-order valence-corrected chi connectivity index (χ1v) is 11.5. The summed E-state index contributed by atoms with van der Waals surface area (Å²) in [6.07, 6.45) is 0.223. The summed E-state index contributed by atoms with van der Waals surface area (Å²) >= 11 is 0. The van der Waals surface area contributed by atoms with Crippen LogP contribution in [0.1, 0.15) is 13.4 Å². The van der Waals surface area contributed by atoms with Crippen molar-refractivity contribution < 1.29 is 48.7 Å². The maximum absolute atomic E-state index is 10.8. The number of nitrogen functional groups attached to an aromatic ring is 1. The molecule has 4 rings (SSSR count). The minimum atomic E-state index is -3.97. The van der Waals surface area contributed by atoms with Crippen LogP contribution in [0.3, 0.4) is 0 Å². The molecule has 7 nitrogen and oxygen atoms in total. The molecule has 0 aliphatic carbocycles. The molecule has 162 valence electrons. The molecule has 0 unspecified atom stereocenters. The molecule has 0 saturated carbocycles. The van der Waals surface area contributed by atoms with Crippen LogP contribution in [0.2, 0.25) is 0 Å². The molecule has 32 heavy (non-hydrogen) atoms. The second-order valence-corrected chi connectivity index (χ2v) is 8.87. The molecular weight excluding hydrogens is 437 g/mol. The Labute approximate surface area is 210 Å². The van der Waals surface area contributed by atoms with Gasteiger partial charge in [-0.05, 0) is 42.3 Å². The third-order valence-corrected chi connectivity index (χ3v) is 5.64. The van der Waals surface area contributed by atoms with Crippen LogP contribution in [0.25, 0.3) is 21.8 Å². The van der Waals surface area contributed by atoms with E-state index in [0.29, 0.717) is 5.69 Å². The van der Waals surface area contributed by atoms with Crippen molar-refractivity contribution in [2.75, 3.05) is 23.4 Å². The van der Waals surface area contributed by atoms with Crippen molar-refractivity contribution in [1.29, 1.82) is 0 Å². The standard InChI is InChI=1S/C23H23N3O4S.Na.H/c24-17-12-16(15-30-10-5-11-31(27,28)29)13-18(14-17)25-23-19-6-1-3-8-21(19)26-22-9-4-2-7-20(22)23;;/h1-4,6-9,12-14H,5,10-11,15,24H2,(H,25,26)(H,27,28,29);;/q;+1;-1. The zero-order valence-corrected chi connectivity index (χ0v) is 20.6. The Kier molecular flexibility index (Phi) is 8.10. The summed E-state index contributed by atoms with van der Waals surface area (Å²) in [6.45, 7) is 0.500. The van der Waals surface area contributed by atoms with Crippen LogP contribution in [0.4, 0.5) is 17.1 Å². The third kappa shape index (κ3) is 6.19. The number of rotatable bonds is 8. The van der Waals surface area contributed by atoms with E-state index in [4.69, 9.17) is 20.0 Å². The summed E-state index contributed by atoms with van der Waals surface area (Å²) in [7, 11) is -3.97. The molecule has 0 aliphatic rings. The predicted octanol–water partition coefficient (Wildman–Crippen LogP) is 1.62. The van der Waals surface area contributed by atoms with Crippen molar-refractivity contribution in [2.45, 2.75) is 13.0 Å². The van der Waals surface area contributed by atoms with Gasteiger partial charge in [-0.2, -0.15) is 8.42 Å². The van der Waals surface area contributed by atoms with Crippen molar-refractivity contribution in [3.05, 3.63) is 72.3 Å². The van der Waals surface area contributed by atoms with Gasteiger partial charge in [0.1, 0.15) is 0 Å². The first-order chi connectivity index (χ1) is 14.9. The van der Waals surface area contributed by atoms with E-state index in [1.54, 1.807) is 0 Å². The van der Waals surface area contributed by atoms with Crippen LogP contribution in [0.15, 0.2) is 66.7 Å². The second-order valence-electron chi connectivity index (χ2n) is 7.30. The number of pyridine rings is 1. The number of hydrogen-bond donors (Lipinski definition) is 3. The summed E-state index contributed by atoms with van der Waals surface area (Å²) in [5.41, 5.74) is 11.1. The summed E-state index contributed by atoms with van der Waals surface area (Å²) < 4.78 is 35.9. The van der Waals surface area contributed by atoms with Crippen molar-refractivity contribution in [1.82, 2.24) is 4.98 Å². The van der Waals surface area contributed by atoms with Crippen molar-refractivity contribution >= 4 is 49.0 Å². The van der Waals surface area contributed by atoms with Crippen LogP contribution in [-0.4, -0.2) is 30.3 Å². The summed E-state index contributed by atoms with van der Waals surface area (Å²) in [4.78, 5) is 4.74. The largest absolute Gasteiger partial charge is 1.00 e. The van der Waals surface area contributed by atoms with Gasteiger partial charge in [-0.25, -0.2) is 4.98 Å². The van der Waals surface area contributed by atoms with E-state index in [1.807, 2.05) is 66.7 Å². The summed E-state index contributed by atoms with van der Waals surface area (Å²) in [5, 5.41) is 5.52. The predicted molar refractivity (Wildman–Crippen MR) is 125 cm³/mol. The van der Waals surface area contributed by atoms with Crippen LogP contribution >= 0.6 is 0 Å². The van der Waals surface area contributed by atoms with E-state index < -0.39 is 10.1 Å². The van der Waals surface area contributed by atoms with Crippen molar-refractivity contribution in [3.63, 3.8) is 0 Å². The maximum atomic E-state index is 10.8. The SMILES string of the molecule is Nc1cc(COCCCS(=O)(=O)O)cc(Nc2c3ccccc3nc3ccccc23)c1.[H-].[Na+]. The van der Waals surface area contributed by atoms with Gasteiger partial charge in [0.05, 0.1) is 29.1 Å². The van der Waals surface area contributed by atoms with Crippen molar-refractivity contribution in [3.8, 4) is 0 Å². The number of fused-ring (bicyclic) bond motifs is 2. The first kappa shape index (κ1) is 24.4. The molecule has 1 heterocycles. The monoisotopic (exact) mass is 461 g/mol. The number of nitrogens with two attached hydrogens (primary N) is 1. The average Bonchev–Trinajstić information content (AvgIpc) is 2.72. The molecule has 3 aromatic carbocycles. The molecule has 0 bridgehead atoms. The molecule has 0 fully saturated rings. The smallest absolute Gasteiger partial charge is 1.00 e. The zero-order valence-electron chi connectivity index (χ0n) is 18.8. The van der Waals surface area contributed by atoms with E-state index in [1.165, 1.54) is 0 Å². The van der Waals surface area contributed by atoms with Gasteiger partial charge >= 0.3 is 29.6 Å². The summed E-state index contributed by atoms with van der Waals surface area (Å²) in [5.74, 6) is -0.321. The third-order valence-electron chi connectivity index (χ3n) is 4.83. The van der Waals surface area contributed by atoms with Gasteiger partial charge < -0.3 is 17.2 Å². The van der Waals surface area contributed by atoms with Gasteiger partial charge in [0.15, 0.2) is 0 Å². The number of hydrogen-bond acceptors (Lipinski definition) is 6. The quantitative estimate of drug-likeness (QED) is 0.120. The van der Waals surface area contributed by atoms with Crippen molar-refractivity contribution in [2.24, 2.45) is 0 Å². The molecule has 0 amide bonds. The Morgan fingerprint density at radius 1 is 1.00 bits per heavy atom. The number of nitrogens with one attached hydrogen (secondary N) is 1. The molecule has 0 saturated heterocycles. The van der Waals surface area contributed by atoms with E-state index in [-0.39, 0.29) is 56.4 Å². The van der Waals surface area contributed by atoms with Gasteiger partial charge in [-0.1, -0.05) is 36.4 Å². The maximum Gasteiger partial charge on any atom is 1.00 e. The molecule has 4 aromatic rings. The fourth-order valence-corrected chi connectivity index (χ4v) is 4.01. The number of aromatic nitrogens is 1. The van der Waals surface area contributed by atoms with Gasteiger partial charge in [-0.15, -0.1) is 0 Å². The Hall–Kier alpha value is -2.20. The Balaban J connectivity index is 0.00000193. The van der Waals surface area contributed by atoms with Gasteiger partial charge in [0.25, 0.3) is 10.1 Å². The number of ether oxygens (including phenoxy) is 1. The minimum Gasteiger partial charge on any atom is -1.00 e. The fraction of sp³-hybridized carbons (Fsp3) is 0.174. The molecule has 1 aromatic heterocycles. The fourth-order valence-electron chi connectivity index (χ4n) is 3.53. The second kappa shape index (κ2) is 10.6. The molecule has 4 N–H and O–H groups in total. The van der Waals surface area contributed by atoms with E-state index in [2.05, 4.69) is 5.32 Å². The van der Waals surface area contributed by atoms with E-state index in [9.17, 15) is 8.42 Å². The Bertz CT molecular complexity index is 1300. The zero-order chi connectivity index (χ0) is 21.8. The number of para-hydroxylation sites is 2. The molecule has 0 aliphatic heterocycles. The normalized spacial score (nSPS) is 11.4. The molecule has 0 radical (unpaired) electrons. The minimum absolute atomic E-state index is 0. The van der Waals surface area contributed by atoms with Crippen LogP contribution in [0.5, 0.6) is 0 Å². The van der Waals surface area contributed by atoms with Gasteiger partial charge in [-0.3, -0.25) is 4.55 Å². The van der Waals surface area contributed by atoms with Gasteiger partial charge in [0.2, 0.25) is 0 Å². The van der Waals surface area contributed by atoms with E-state index >= 15 is 0 Å². The number of anilines is 3. The van der Waals surface area contributed by atoms with E-state index in [0.717, 1.165) is 38.7 Å². The van der Waals surface area contributed by atoms with Crippen LogP contribution < -0.4 is 40.6 Å². The average molecular weight is 462 g/mol. The Morgan fingerprint density at radius 3 is 2.25 bits per heavy atom. The number of nitrogens with zero attached hydrogens (tertiary/aromatic N) is 1. The molecular formula is C23H24N3NaO4S. The molecule has 0 atom stereocenters. The van der Waals surface area contributed by atoms with Gasteiger partial charge in [0, 0.05) is 28.8 Å². The summed E-state index contributed by atoms with van der Waals surface area (Å²) in [6, 6.07) is 21.5. The first-order valence-electron chi connectivity index (χ1n) is 9.86. The van der Waals surface area contributed by atoms with Crippen LogP contribution in [0, 0.1) is 0 Å². The number of benzene rings is 3. The molecule has 0 spiro atoms.